The molecule has 0 bridgehead atoms. The van der Waals surface area contributed by atoms with Crippen LogP contribution in [-0.4, -0.2) is 60.3 Å². The van der Waals surface area contributed by atoms with Crippen molar-refractivity contribution >= 4 is 22.7 Å². The molecule has 2 aromatic heterocycles. The van der Waals surface area contributed by atoms with Crippen LogP contribution in [0.4, 0.5) is 11.8 Å². The molecule has 4 aromatic rings. The molecule has 202 valence electrons. The van der Waals surface area contributed by atoms with Gasteiger partial charge >= 0.3 is 0 Å². The molecule has 0 radical (unpaired) electrons. The van der Waals surface area contributed by atoms with Gasteiger partial charge in [0, 0.05) is 37.6 Å². The van der Waals surface area contributed by atoms with Gasteiger partial charge in [-0.2, -0.15) is 0 Å². The predicted octanol–water partition coefficient (Wildman–Crippen LogP) is 5.57. The summed E-state index contributed by atoms with van der Waals surface area (Å²) in [4.78, 5) is 22.5. The zero-order chi connectivity index (χ0) is 26.2. The van der Waals surface area contributed by atoms with Crippen molar-refractivity contribution in [3.8, 4) is 17.2 Å². The van der Waals surface area contributed by atoms with Crippen LogP contribution in [-0.2, 0) is 0 Å². The molecule has 2 aromatic carbocycles. The highest BCUT2D eigenvalue weighted by atomic mass is 16.5. The van der Waals surface area contributed by atoms with Crippen LogP contribution in [0.2, 0.25) is 0 Å². The number of hydrogen-bond acceptors (Lipinski definition) is 9. The van der Waals surface area contributed by atoms with Crippen molar-refractivity contribution in [2.24, 2.45) is 0 Å². The Balaban J connectivity index is 0.00000130. The molecule has 3 heterocycles. The molecule has 1 atom stereocenters. The largest absolute Gasteiger partial charge is 0.493 e. The number of nitrogens with zero attached hydrogens (tertiary/aromatic N) is 6. The van der Waals surface area contributed by atoms with E-state index in [2.05, 4.69) is 29.7 Å². The van der Waals surface area contributed by atoms with Crippen molar-refractivity contribution in [3.63, 3.8) is 0 Å². The van der Waals surface area contributed by atoms with Crippen molar-refractivity contribution in [2.45, 2.75) is 34.3 Å². The topological polar surface area (TPSA) is 85.7 Å². The maximum Gasteiger partial charge on any atom is 0.225 e. The molecule has 1 fully saturated rings. The molecule has 0 amide bonds. The third-order valence-corrected chi connectivity index (χ3v) is 6.18. The molecular weight excluding hydrogens is 480 g/mol. The van der Waals surface area contributed by atoms with Gasteiger partial charge in [0.2, 0.25) is 5.95 Å². The van der Waals surface area contributed by atoms with E-state index in [0.717, 1.165) is 48.5 Å². The number of rotatable bonds is 7. The van der Waals surface area contributed by atoms with E-state index in [1.807, 2.05) is 63.2 Å². The van der Waals surface area contributed by atoms with E-state index >= 15 is 0 Å². The molecule has 0 aliphatic carbocycles. The average molecular weight is 519 g/mol. The van der Waals surface area contributed by atoms with Gasteiger partial charge in [-0.05, 0) is 18.6 Å². The number of benzene rings is 2. The van der Waals surface area contributed by atoms with Gasteiger partial charge in [0.1, 0.15) is 18.2 Å². The first-order chi connectivity index (χ1) is 18.2. The van der Waals surface area contributed by atoms with Crippen molar-refractivity contribution in [1.29, 1.82) is 0 Å². The summed E-state index contributed by atoms with van der Waals surface area (Å²) in [6.07, 6.45) is 5.00. The lowest BCUT2D eigenvalue weighted by Crippen LogP contribution is -2.47. The van der Waals surface area contributed by atoms with Crippen LogP contribution in [0.3, 0.4) is 0 Å². The van der Waals surface area contributed by atoms with Crippen LogP contribution in [0, 0.1) is 0 Å². The minimum absolute atomic E-state index is 0. The predicted molar refractivity (Wildman–Crippen MR) is 153 cm³/mol. The molecule has 5 rings (SSSR count). The number of ether oxygens (including phenoxy) is 3. The van der Waals surface area contributed by atoms with E-state index in [1.54, 1.807) is 32.9 Å². The van der Waals surface area contributed by atoms with E-state index in [0.29, 0.717) is 23.2 Å². The first-order valence-corrected chi connectivity index (χ1v) is 12.6. The Hall–Kier alpha value is -4.14. The summed E-state index contributed by atoms with van der Waals surface area (Å²) >= 11 is 0. The van der Waals surface area contributed by atoms with Gasteiger partial charge < -0.3 is 24.0 Å². The molecule has 38 heavy (non-hydrogen) atoms. The molecule has 9 heteroatoms. The summed E-state index contributed by atoms with van der Waals surface area (Å²) in [5, 5.41) is 0.934. The van der Waals surface area contributed by atoms with E-state index in [1.165, 1.54) is 0 Å². The number of piperazine rings is 1. The molecule has 0 unspecified atom stereocenters. The number of aromatic nitrogens is 4. The number of hydrogen-bond donors (Lipinski definition) is 0. The van der Waals surface area contributed by atoms with Crippen molar-refractivity contribution in [3.05, 3.63) is 66.7 Å². The van der Waals surface area contributed by atoms with E-state index < -0.39 is 0 Å². The number of anilines is 2. The van der Waals surface area contributed by atoms with Gasteiger partial charge in [-0.3, -0.25) is 0 Å². The van der Waals surface area contributed by atoms with Gasteiger partial charge in [-0.15, -0.1) is 0 Å². The lowest BCUT2D eigenvalue weighted by atomic mass is 10.1. The Morgan fingerprint density at radius 2 is 1.39 bits per heavy atom. The Morgan fingerprint density at radius 1 is 0.789 bits per heavy atom. The highest BCUT2D eigenvalue weighted by Gasteiger charge is 2.22. The van der Waals surface area contributed by atoms with Crippen molar-refractivity contribution < 1.29 is 14.2 Å². The lowest BCUT2D eigenvalue weighted by Gasteiger charge is -2.35. The fourth-order valence-electron chi connectivity index (χ4n) is 4.27. The first-order valence-electron chi connectivity index (χ1n) is 12.6. The van der Waals surface area contributed by atoms with Gasteiger partial charge in [-0.25, -0.2) is 19.9 Å². The Bertz CT molecular complexity index is 1280. The Labute approximate surface area is 225 Å². The van der Waals surface area contributed by atoms with Crippen LogP contribution in [0.5, 0.6) is 17.2 Å². The van der Waals surface area contributed by atoms with Crippen molar-refractivity contribution in [1.82, 2.24) is 19.9 Å². The summed E-state index contributed by atoms with van der Waals surface area (Å²) in [6.45, 7) is 9.14. The van der Waals surface area contributed by atoms with Gasteiger partial charge in [-0.1, -0.05) is 51.6 Å². The molecule has 1 aliphatic heterocycles. The third-order valence-electron chi connectivity index (χ3n) is 6.18. The molecule has 0 N–H and O–H groups in total. The fourth-order valence-corrected chi connectivity index (χ4v) is 4.27. The summed E-state index contributed by atoms with van der Waals surface area (Å²) < 4.78 is 16.9. The monoisotopic (exact) mass is 518 g/mol. The van der Waals surface area contributed by atoms with Crippen molar-refractivity contribution in [2.75, 3.05) is 50.2 Å². The van der Waals surface area contributed by atoms with Crippen LogP contribution in [0.15, 0.2) is 61.2 Å². The van der Waals surface area contributed by atoms with E-state index in [4.69, 9.17) is 14.2 Å². The maximum absolute atomic E-state index is 6.01. The SMILES string of the molecule is C.CC.COc1cc2ncnc(N3CCN(c4ncc(O[C@@H](C)c5ccccc5)cn4)CC3)c2cc1OC. The first kappa shape index (κ1) is 28.4. The molecule has 1 saturated heterocycles. The average Bonchev–Trinajstić information content (AvgIpc) is 2.98. The quantitative estimate of drug-likeness (QED) is 0.312. The lowest BCUT2D eigenvalue weighted by molar-refractivity contribution is 0.225. The third kappa shape index (κ3) is 6.22. The van der Waals surface area contributed by atoms with Crippen LogP contribution in [0.25, 0.3) is 10.9 Å². The van der Waals surface area contributed by atoms with Crippen LogP contribution in [0.1, 0.15) is 39.9 Å². The second-order valence-corrected chi connectivity index (χ2v) is 8.29. The Morgan fingerprint density at radius 3 is 2.03 bits per heavy atom. The van der Waals surface area contributed by atoms with E-state index in [9.17, 15) is 0 Å². The summed E-state index contributed by atoms with van der Waals surface area (Å²) in [6, 6.07) is 13.9. The number of fused-ring (bicyclic) bond motifs is 1. The highest BCUT2D eigenvalue weighted by Crippen LogP contribution is 2.35. The van der Waals surface area contributed by atoms with Crippen LogP contribution >= 0.6 is 0 Å². The molecule has 1 aliphatic rings. The second kappa shape index (κ2) is 13.4. The normalized spacial score (nSPS) is 13.6. The molecular formula is C29H38N6O3. The molecule has 9 nitrogen and oxygen atoms in total. The highest BCUT2D eigenvalue weighted by molar-refractivity contribution is 5.92. The van der Waals surface area contributed by atoms with Gasteiger partial charge in [0.25, 0.3) is 0 Å². The zero-order valence-corrected chi connectivity index (χ0v) is 22.1. The summed E-state index contributed by atoms with van der Waals surface area (Å²) in [5.41, 5.74) is 1.93. The maximum atomic E-state index is 6.01. The van der Waals surface area contributed by atoms with Gasteiger partial charge in [0.05, 0.1) is 32.1 Å². The minimum atomic E-state index is -0.0736. The summed E-state index contributed by atoms with van der Waals surface area (Å²) in [7, 11) is 3.25. The van der Waals surface area contributed by atoms with Crippen LogP contribution < -0.4 is 24.0 Å². The fraction of sp³-hybridized carbons (Fsp3) is 0.379. The second-order valence-electron chi connectivity index (χ2n) is 8.29. The smallest absolute Gasteiger partial charge is 0.225 e. The Kier molecular flexibility index (Phi) is 10.0. The molecule has 0 spiro atoms. The van der Waals surface area contributed by atoms with Gasteiger partial charge in [0.15, 0.2) is 17.2 Å². The number of methoxy groups -OCH3 is 2. The minimum Gasteiger partial charge on any atom is -0.493 e. The standard InChI is InChI=1S/C26H28N6O3.C2H6.CH4/c1-18(19-7-5-4-6-8-19)35-20-15-27-26(28-16-20)32-11-9-31(10-12-32)25-21-13-23(33-2)24(34-3)14-22(21)29-17-30-25;1-2;/h4-8,13-18H,9-12H2,1-3H3;1-2H3;1H4/t18-;;/m0../s1. The zero-order valence-electron chi connectivity index (χ0n) is 22.1. The molecule has 0 saturated carbocycles. The van der Waals surface area contributed by atoms with E-state index in [-0.39, 0.29) is 13.5 Å². The summed E-state index contributed by atoms with van der Waals surface area (Å²) in [5.74, 6) is 3.54.